The molecule has 0 bridgehead atoms. The van der Waals surface area contributed by atoms with Crippen LogP contribution in [-0.2, 0) is 10.0 Å². The Morgan fingerprint density at radius 3 is 2.90 bits per heavy atom. The minimum absolute atomic E-state index is 0.000694. The fraction of sp³-hybridized carbons (Fsp3) is 0.500. The summed E-state index contributed by atoms with van der Waals surface area (Å²) in [5.74, 6) is 0.350. The van der Waals surface area contributed by atoms with Crippen LogP contribution in [0.1, 0.15) is 6.42 Å². The third kappa shape index (κ3) is 2.09. The predicted octanol–water partition coefficient (Wildman–Crippen LogP) is 0.577. The lowest BCUT2D eigenvalue weighted by Crippen LogP contribution is -2.39. The zero-order chi connectivity index (χ0) is 14.3. The Labute approximate surface area is 116 Å². The molecule has 3 rings (SSSR count). The lowest BCUT2D eigenvalue weighted by Gasteiger charge is -2.22. The SMILES string of the molecule is O=[N+]([O-])c1cccc(S(=O)(=O)N2CC[C@H]3CNC[C@H]32)c1. The second-order valence-electron chi connectivity index (χ2n) is 5.14. The third-order valence-electron chi connectivity index (χ3n) is 4.03. The summed E-state index contributed by atoms with van der Waals surface area (Å²) in [6.45, 7) is 1.98. The maximum atomic E-state index is 12.6. The molecule has 0 radical (unpaired) electrons. The Bertz CT molecular complexity index is 646. The first-order valence-electron chi connectivity index (χ1n) is 6.47. The Morgan fingerprint density at radius 2 is 2.15 bits per heavy atom. The van der Waals surface area contributed by atoms with Crippen molar-refractivity contribution in [2.24, 2.45) is 5.92 Å². The van der Waals surface area contributed by atoms with Gasteiger partial charge >= 0.3 is 0 Å². The number of hydrogen-bond donors (Lipinski definition) is 1. The highest BCUT2D eigenvalue weighted by atomic mass is 32.2. The fourth-order valence-electron chi connectivity index (χ4n) is 3.00. The van der Waals surface area contributed by atoms with Gasteiger partial charge in [-0.05, 0) is 24.9 Å². The van der Waals surface area contributed by atoms with Gasteiger partial charge in [-0.25, -0.2) is 8.42 Å². The van der Waals surface area contributed by atoms with Gasteiger partial charge in [0.2, 0.25) is 10.0 Å². The van der Waals surface area contributed by atoms with E-state index in [9.17, 15) is 18.5 Å². The highest BCUT2D eigenvalue weighted by molar-refractivity contribution is 7.89. The molecule has 1 aromatic rings. The van der Waals surface area contributed by atoms with E-state index in [2.05, 4.69) is 5.32 Å². The van der Waals surface area contributed by atoms with Crippen LogP contribution in [0.25, 0.3) is 0 Å². The molecule has 2 fully saturated rings. The minimum atomic E-state index is -3.66. The molecule has 2 saturated heterocycles. The van der Waals surface area contributed by atoms with Gasteiger partial charge in [0.15, 0.2) is 0 Å². The number of fused-ring (bicyclic) bond motifs is 1. The number of non-ortho nitro benzene ring substituents is 1. The molecule has 0 spiro atoms. The van der Waals surface area contributed by atoms with E-state index >= 15 is 0 Å². The molecule has 2 atom stereocenters. The van der Waals surface area contributed by atoms with Crippen molar-refractivity contribution in [2.45, 2.75) is 17.4 Å². The first-order valence-corrected chi connectivity index (χ1v) is 7.91. The first-order chi connectivity index (χ1) is 9.50. The molecule has 2 heterocycles. The standard InChI is InChI=1S/C12H15N3O4S/c16-15(17)10-2-1-3-11(6-10)20(18,19)14-5-4-9-7-13-8-12(9)14/h1-3,6,9,12-13H,4-5,7-8H2/t9-,12+/m0/s1. The van der Waals surface area contributed by atoms with Gasteiger partial charge in [0.1, 0.15) is 0 Å². The highest BCUT2D eigenvalue weighted by Gasteiger charge is 2.43. The van der Waals surface area contributed by atoms with Crippen LogP contribution in [0.5, 0.6) is 0 Å². The number of nitrogens with zero attached hydrogens (tertiary/aromatic N) is 2. The van der Waals surface area contributed by atoms with Gasteiger partial charge in [-0.15, -0.1) is 0 Å². The van der Waals surface area contributed by atoms with Crippen LogP contribution in [-0.4, -0.2) is 43.3 Å². The molecule has 1 N–H and O–H groups in total. The van der Waals surface area contributed by atoms with E-state index in [0.717, 1.165) is 19.0 Å². The summed E-state index contributed by atoms with van der Waals surface area (Å²) < 4.78 is 26.7. The number of nitro benzene ring substituents is 1. The van der Waals surface area contributed by atoms with Crippen molar-refractivity contribution >= 4 is 15.7 Å². The molecule has 2 aliphatic heterocycles. The lowest BCUT2D eigenvalue weighted by atomic mass is 10.1. The molecule has 0 saturated carbocycles. The highest BCUT2D eigenvalue weighted by Crippen LogP contribution is 2.32. The number of benzene rings is 1. The molecule has 0 unspecified atom stereocenters. The summed E-state index contributed by atoms with van der Waals surface area (Å²) in [7, 11) is -3.66. The van der Waals surface area contributed by atoms with E-state index in [1.807, 2.05) is 0 Å². The van der Waals surface area contributed by atoms with E-state index in [4.69, 9.17) is 0 Å². The zero-order valence-corrected chi connectivity index (χ0v) is 11.5. The Hall–Kier alpha value is -1.51. The normalized spacial score (nSPS) is 26.6. The molecule has 2 aliphatic rings. The van der Waals surface area contributed by atoms with E-state index in [0.29, 0.717) is 19.0 Å². The van der Waals surface area contributed by atoms with Gasteiger partial charge in [0.05, 0.1) is 9.82 Å². The fourth-order valence-corrected chi connectivity index (χ4v) is 4.74. The molecular weight excluding hydrogens is 282 g/mol. The van der Waals surface area contributed by atoms with Crippen LogP contribution in [0.15, 0.2) is 29.2 Å². The second-order valence-corrected chi connectivity index (χ2v) is 7.04. The maximum absolute atomic E-state index is 12.6. The van der Waals surface area contributed by atoms with Gasteiger partial charge in [-0.1, -0.05) is 6.07 Å². The summed E-state index contributed by atoms with van der Waals surface area (Å²) in [5.41, 5.74) is -0.202. The van der Waals surface area contributed by atoms with Crippen LogP contribution in [0.4, 0.5) is 5.69 Å². The minimum Gasteiger partial charge on any atom is -0.315 e. The van der Waals surface area contributed by atoms with E-state index in [1.54, 1.807) is 0 Å². The molecule has 0 aliphatic carbocycles. The summed E-state index contributed by atoms with van der Waals surface area (Å²) in [4.78, 5) is 10.2. The zero-order valence-electron chi connectivity index (χ0n) is 10.7. The summed E-state index contributed by atoms with van der Waals surface area (Å²) in [5, 5.41) is 14.0. The van der Waals surface area contributed by atoms with Crippen LogP contribution < -0.4 is 5.32 Å². The predicted molar refractivity (Wildman–Crippen MR) is 71.8 cm³/mol. The van der Waals surface area contributed by atoms with Crippen molar-refractivity contribution in [3.8, 4) is 0 Å². The molecule has 108 valence electrons. The molecule has 0 amide bonds. The molecule has 0 aromatic heterocycles. The number of rotatable bonds is 3. The van der Waals surface area contributed by atoms with Gasteiger partial charge in [-0.2, -0.15) is 4.31 Å². The smallest absolute Gasteiger partial charge is 0.270 e. The van der Waals surface area contributed by atoms with Crippen molar-refractivity contribution in [1.29, 1.82) is 0 Å². The second kappa shape index (κ2) is 4.80. The molecule has 1 aromatic carbocycles. The molecule has 7 nitrogen and oxygen atoms in total. The van der Waals surface area contributed by atoms with Crippen LogP contribution in [0.3, 0.4) is 0 Å². The van der Waals surface area contributed by atoms with Gasteiger partial charge in [0.25, 0.3) is 5.69 Å². The van der Waals surface area contributed by atoms with E-state index in [1.165, 1.54) is 22.5 Å². The Morgan fingerprint density at radius 1 is 1.35 bits per heavy atom. The van der Waals surface area contributed by atoms with Crippen LogP contribution in [0.2, 0.25) is 0 Å². The molecule has 8 heteroatoms. The van der Waals surface area contributed by atoms with Crippen molar-refractivity contribution in [1.82, 2.24) is 9.62 Å². The Kier molecular flexibility index (Phi) is 3.23. The number of nitrogens with one attached hydrogen (secondary N) is 1. The van der Waals surface area contributed by atoms with E-state index < -0.39 is 14.9 Å². The summed E-state index contributed by atoms with van der Waals surface area (Å²) >= 11 is 0. The van der Waals surface area contributed by atoms with Crippen molar-refractivity contribution in [3.63, 3.8) is 0 Å². The number of hydrogen-bond acceptors (Lipinski definition) is 5. The third-order valence-corrected chi connectivity index (χ3v) is 5.95. The summed E-state index contributed by atoms with van der Waals surface area (Å²) in [6.07, 6.45) is 0.839. The summed E-state index contributed by atoms with van der Waals surface area (Å²) in [6, 6.07) is 5.22. The average molecular weight is 297 g/mol. The molecule has 20 heavy (non-hydrogen) atoms. The Balaban J connectivity index is 1.96. The average Bonchev–Trinajstić information content (AvgIpc) is 3.00. The number of sulfonamides is 1. The number of nitro groups is 1. The quantitative estimate of drug-likeness (QED) is 0.650. The van der Waals surface area contributed by atoms with Crippen molar-refractivity contribution in [2.75, 3.05) is 19.6 Å². The van der Waals surface area contributed by atoms with Crippen molar-refractivity contribution < 1.29 is 13.3 Å². The maximum Gasteiger partial charge on any atom is 0.270 e. The topological polar surface area (TPSA) is 92.5 Å². The van der Waals surface area contributed by atoms with Gasteiger partial charge in [-0.3, -0.25) is 10.1 Å². The van der Waals surface area contributed by atoms with E-state index in [-0.39, 0.29) is 16.6 Å². The van der Waals surface area contributed by atoms with Crippen LogP contribution >= 0.6 is 0 Å². The molecular formula is C12H15N3O4S. The van der Waals surface area contributed by atoms with Gasteiger partial charge in [0, 0.05) is 31.3 Å². The lowest BCUT2D eigenvalue weighted by molar-refractivity contribution is -0.385. The van der Waals surface area contributed by atoms with Gasteiger partial charge < -0.3 is 5.32 Å². The first kappa shape index (κ1) is 13.5. The van der Waals surface area contributed by atoms with Crippen molar-refractivity contribution in [3.05, 3.63) is 34.4 Å². The largest absolute Gasteiger partial charge is 0.315 e. The monoisotopic (exact) mass is 297 g/mol. The van der Waals surface area contributed by atoms with Crippen LogP contribution in [0, 0.1) is 16.0 Å².